The molecule has 0 bridgehead atoms. The Morgan fingerprint density at radius 1 is 1.14 bits per heavy atom. The van der Waals surface area contributed by atoms with E-state index in [1.807, 2.05) is 6.07 Å². The van der Waals surface area contributed by atoms with Crippen molar-refractivity contribution in [1.29, 1.82) is 5.26 Å². The van der Waals surface area contributed by atoms with E-state index in [0.717, 1.165) is 5.69 Å². The molecule has 9 heteroatoms. The minimum atomic E-state index is -0.459. The van der Waals surface area contributed by atoms with Gasteiger partial charge in [0.15, 0.2) is 11.5 Å². The summed E-state index contributed by atoms with van der Waals surface area (Å²) in [4.78, 5) is 19.4. The molecule has 0 spiro atoms. The van der Waals surface area contributed by atoms with E-state index in [4.69, 9.17) is 9.47 Å². The molecule has 0 aliphatic carbocycles. The lowest BCUT2D eigenvalue weighted by atomic mass is 10.1. The van der Waals surface area contributed by atoms with E-state index < -0.39 is 4.92 Å². The summed E-state index contributed by atoms with van der Waals surface area (Å²) in [6, 6.07) is 13.8. The van der Waals surface area contributed by atoms with E-state index in [2.05, 4.69) is 16.0 Å². The Bertz CT molecular complexity index is 1340. The molecule has 0 fully saturated rings. The molecule has 3 heterocycles. The van der Waals surface area contributed by atoms with E-state index in [1.165, 1.54) is 18.5 Å². The molecule has 0 radical (unpaired) electrons. The lowest BCUT2D eigenvalue weighted by Crippen LogP contribution is -1.97. The summed E-state index contributed by atoms with van der Waals surface area (Å²) < 4.78 is 12.6. The summed E-state index contributed by atoms with van der Waals surface area (Å²) >= 11 is 0. The largest absolute Gasteiger partial charge is 0.454 e. The maximum absolute atomic E-state index is 11.2. The Balaban J connectivity index is 1.79. The third-order valence-corrected chi connectivity index (χ3v) is 4.66. The highest BCUT2D eigenvalue weighted by Gasteiger charge is 2.20. The number of nitrogens with zero attached hydrogens (tertiary/aromatic N) is 5. The van der Waals surface area contributed by atoms with E-state index >= 15 is 0 Å². The SMILES string of the molecule is N#Cc1cn(-c2ccc3c(c2)OCO3)c2c(-c3cccc([N+](=O)[O-])c3)ncnc12. The van der Waals surface area contributed by atoms with Gasteiger partial charge < -0.3 is 14.0 Å². The van der Waals surface area contributed by atoms with Gasteiger partial charge in [0.2, 0.25) is 6.79 Å². The van der Waals surface area contributed by atoms with E-state index in [-0.39, 0.29) is 12.5 Å². The number of nitro benzene ring substituents is 1. The number of non-ortho nitro benzene ring substituents is 1. The van der Waals surface area contributed by atoms with Gasteiger partial charge in [-0.15, -0.1) is 0 Å². The second-order valence-electron chi connectivity index (χ2n) is 6.29. The molecule has 140 valence electrons. The predicted molar refractivity (Wildman–Crippen MR) is 102 cm³/mol. The van der Waals surface area contributed by atoms with Crippen LogP contribution in [0.25, 0.3) is 28.0 Å². The minimum absolute atomic E-state index is 0.0454. The van der Waals surface area contributed by atoms with Gasteiger partial charge in [0.25, 0.3) is 5.69 Å². The first-order valence-corrected chi connectivity index (χ1v) is 8.57. The van der Waals surface area contributed by atoms with Crippen LogP contribution in [0.2, 0.25) is 0 Å². The molecule has 1 aliphatic rings. The van der Waals surface area contributed by atoms with Crippen LogP contribution in [0.1, 0.15) is 5.56 Å². The fourth-order valence-corrected chi connectivity index (χ4v) is 3.36. The van der Waals surface area contributed by atoms with Gasteiger partial charge in [-0.2, -0.15) is 5.26 Å². The normalized spacial score (nSPS) is 12.1. The highest BCUT2D eigenvalue weighted by Crippen LogP contribution is 2.37. The van der Waals surface area contributed by atoms with Crippen molar-refractivity contribution >= 4 is 16.7 Å². The Labute approximate surface area is 163 Å². The van der Waals surface area contributed by atoms with Crippen molar-refractivity contribution in [3.8, 4) is 34.5 Å². The number of hydrogen-bond acceptors (Lipinski definition) is 7. The highest BCUT2D eigenvalue weighted by molar-refractivity contribution is 5.95. The van der Waals surface area contributed by atoms with Crippen LogP contribution in [0.4, 0.5) is 5.69 Å². The van der Waals surface area contributed by atoms with Crippen LogP contribution in [0, 0.1) is 21.4 Å². The smallest absolute Gasteiger partial charge is 0.270 e. The number of ether oxygens (including phenoxy) is 2. The number of hydrogen-bond donors (Lipinski definition) is 0. The second-order valence-corrected chi connectivity index (χ2v) is 6.29. The summed E-state index contributed by atoms with van der Waals surface area (Å²) in [5, 5.41) is 20.8. The van der Waals surface area contributed by atoms with Gasteiger partial charge in [0.1, 0.15) is 17.9 Å². The van der Waals surface area contributed by atoms with Crippen molar-refractivity contribution in [3.05, 3.63) is 70.7 Å². The van der Waals surface area contributed by atoms with Crippen LogP contribution < -0.4 is 9.47 Å². The maximum atomic E-state index is 11.2. The number of rotatable bonds is 3. The topological polar surface area (TPSA) is 116 Å². The molecule has 0 saturated carbocycles. The van der Waals surface area contributed by atoms with Crippen LogP contribution in [0.15, 0.2) is 55.0 Å². The van der Waals surface area contributed by atoms with Gasteiger partial charge in [-0.05, 0) is 12.1 Å². The average Bonchev–Trinajstić information content (AvgIpc) is 3.37. The Kier molecular flexibility index (Phi) is 3.64. The first-order valence-electron chi connectivity index (χ1n) is 8.57. The number of benzene rings is 2. The van der Waals surface area contributed by atoms with E-state index in [9.17, 15) is 15.4 Å². The zero-order valence-corrected chi connectivity index (χ0v) is 14.8. The van der Waals surface area contributed by atoms with E-state index in [0.29, 0.717) is 39.4 Å². The number of nitriles is 1. The molecular weight excluding hydrogens is 374 g/mol. The van der Waals surface area contributed by atoms with Crippen molar-refractivity contribution in [2.45, 2.75) is 0 Å². The molecule has 1 aliphatic heterocycles. The van der Waals surface area contributed by atoms with Crippen molar-refractivity contribution in [2.75, 3.05) is 6.79 Å². The quantitative estimate of drug-likeness (QED) is 0.391. The zero-order valence-electron chi connectivity index (χ0n) is 14.8. The van der Waals surface area contributed by atoms with Crippen molar-refractivity contribution in [2.24, 2.45) is 0 Å². The maximum Gasteiger partial charge on any atom is 0.270 e. The molecule has 9 nitrogen and oxygen atoms in total. The molecule has 0 unspecified atom stereocenters. The van der Waals surface area contributed by atoms with Gasteiger partial charge in [0, 0.05) is 35.6 Å². The fraction of sp³-hybridized carbons (Fsp3) is 0.0500. The molecule has 29 heavy (non-hydrogen) atoms. The molecule has 0 atom stereocenters. The van der Waals surface area contributed by atoms with Crippen molar-refractivity contribution < 1.29 is 14.4 Å². The summed E-state index contributed by atoms with van der Waals surface area (Å²) in [7, 11) is 0. The number of fused-ring (bicyclic) bond motifs is 2. The summed E-state index contributed by atoms with van der Waals surface area (Å²) in [5.41, 5.74) is 3.11. The van der Waals surface area contributed by atoms with Gasteiger partial charge in [-0.1, -0.05) is 12.1 Å². The second kappa shape index (κ2) is 6.31. The van der Waals surface area contributed by atoms with Gasteiger partial charge >= 0.3 is 0 Å². The Morgan fingerprint density at radius 3 is 2.83 bits per heavy atom. The monoisotopic (exact) mass is 385 g/mol. The average molecular weight is 385 g/mol. The lowest BCUT2D eigenvalue weighted by molar-refractivity contribution is -0.384. The molecule has 4 aromatic rings. The van der Waals surface area contributed by atoms with Gasteiger partial charge in [-0.25, -0.2) is 9.97 Å². The Hall–Kier alpha value is -4.45. The predicted octanol–water partition coefficient (Wildman–Crippen LogP) is 3.60. The third-order valence-electron chi connectivity index (χ3n) is 4.66. The van der Waals surface area contributed by atoms with Crippen LogP contribution >= 0.6 is 0 Å². The lowest BCUT2D eigenvalue weighted by Gasteiger charge is -2.09. The van der Waals surface area contributed by atoms with Crippen LogP contribution in [-0.2, 0) is 0 Å². The zero-order chi connectivity index (χ0) is 20.0. The molecule has 0 N–H and O–H groups in total. The first kappa shape index (κ1) is 16.7. The van der Waals surface area contributed by atoms with Crippen LogP contribution in [0.5, 0.6) is 11.5 Å². The van der Waals surface area contributed by atoms with Gasteiger partial charge in [0.05, 0.1) is 21.7 Å². The molecular formula is C20H11N5O4. The molecule has 0 amide bonds. The number of aromatic nitrogens is 3. The molecule has 2 aromatic carbocycles. The summed E-state index contributed by atoms with van der Waals surface area (Å²) in [6.07, 6.45) is 3.01. The van der Waals surface area contributed by atoms with Crippen LogP contribution in [0.3, 0.4) is 0 Å². The molecule has 5 rings (SSSR count). The third kappa shape index (κ3) is 2.62. The molecule has 2 aromatic heterocycles. The van der Waals surface area contributed by atoms with E-state index in [1.54, 1.807) is 35.0 Å². The molecule has 0 saturated heterocycles. The fourth-order valence-electron chi connectivity index (χ4n) is 3.36. The highest BCUT2D eigenvalue weighted by atomic mass is 16.7. The van der Waals surface area contributed by atoms with Crippen molar-refractivity contribution in [3.63, 3.8) is 0 Å². The summed E-state index contributed by atoms with van der Waals surface area (Å²) in [6.45, 7) is 0.150. The Morgan fingerprint density at radius 2 is 2.00 bits per heavy atom. The standard InChI is InChI=1S/C20H11N5O4/c21-8-13-9-24(14-4-5-16-17(7-14)29-11-28-16)20-18(22-10-23-19(13)20)12-2-1-3-15(6-12)25(26)27/h1-7,9-10H,11H2. The van der Waals surface area contributed by atoms with Gasteiger partial charge in [-0.3, -0.25) is 10.1 Å². The first-order chi connectivity index (χ1) is 14.2. The minimum Gasteiger partial charge on any atom is -0.454 e. The summed E-state index contributed by atoms with van der Waals surface area (Å²) in [5.74, 6) is 1.23. The number of nitro groups is 1. The van der Waals surface area contributed by atoms with Crippen LogP contribution in [-0.4, -0.2) is 26.3 Å². The van der Waals surface area contributed by atoms with Crippen molar-refractivity contribution in [1.82, 2.24) is 14.5 Å².